The summed E-state index contributed by atoms with van der Waals surface area (Å²) in [7, 11) is 0. The molecule has 0 spiro atoms. The van der Waals surface area contributed by atoms with Crippen molar-refractivity contribution in [2.45, 2.75) is 20.4 Å². The maximum atomic E-state index is 11.9. The van der Waals surface area contributed by atoms with Crippen molar-refractivity contribution in [2.75, 3.05) is 0 Å². The third kappa shape index (κ3) is 2.95. The molecular weight excluding hydrogens is 298 g/mol. The zero-order chi connectivity index (χ0) is 13.1. The lowest BCUT2D eigenvalue weighted by Crippen LogP contribution is -2.23. The van der Waals surface area contributed by atoms with Gasteiger partial charge in [0.1, 0.15) is 0 Å². The molecule has 0 radical (unpaired) electrons. The Morgan fingerprint density at radius 1 is 1.50 bits per heavy atom. The number of oxazole rings is 1. The van der Waals surface area contributed by atoms with Crippen LogP contribution in [0, 0.1) is 13.8 Å². The molecule has 0 bridgehead atoms. The summed E-state index contributed by atoms with van der Waals surface area (Å²) in [6.45, 7) is 3.79. The van der Waals surface area contributed by atoms with E-state index >= 15 is 0 Å². The molecule has 0 aromatic carbocycles. The average molecular weight is 310 g/mol. The summed E-state index contributed by atoms with van der Waals surface area (Å²) >= 11 is 3.35. The second-order valence-corrected chi connectivity index (χ2v) is 4.71. The number of aromatic nitrogens is 2. The lowest BCUT2D eigenvalue weighted by molar-refractivity contribution is 0.0920. The van der Waals surface area contributed by atoms with E-state index in [0.29, 0.717) is 18.1 Å². The predicted octanol–water partition coefficient (Wildman–Crippen LogP) is 2.38. The fraction of sp³-hybridized carbons (Fsp3) is 0.250. The van der Waals surface area contributed by atoms with Crippen molar-refractivity contribution in [3.8, 4) is 0 Å². The van der Waals surface area contributed by atoms with Crippen LogP contribution >= 0.6 is 15.9 Å². The highest BCUT2D eigenvalue weighted by atomic mass is 79.9. The molecule has 0 unspecified atom stereocenters. The highest BCUT2D eigenvalue weighted by molar-refractivity contribution is 9.10. The number of pyridine rings is 1. The number of halogens is 1. The van der Waals surface area contributed by atoms with Gasteiger partial charge in [0.2, 0.25) is 5.76 Å². The summed E-state index contributed by atoms with van der Waals surface area (Å²) in [5, 5.41) is 2.74. The molecule has 2 rings (SSSR count). The van der Waals surface area contributed by atoms with Gasteiger partial charge in [-0.1, -0.05) is 15.9 Å². The minimum atomic E-state index is -0.283. The lowest BCUT2D eigenvalue weighted by Gasteiger charge is -2.03. The second-order valence-electron chi connectivity index (χ2n) is 3.80. The van der Waals surface area contributed by atoms with Crippen molar-refractivity contribution in [3.63, 3.8) is 0 Å². The Kier molecular flexibility index (Phi) is 3.76. The van der Waals surface area contributed by atoms with Crippen LogP contribution in [-0.4, -0.2) is 15.9 Å². The minimum Gasteiger partial charge on any atom is -0.436 e. The Morgan fingerprint density at radius 3 is 2.89 bits per heavy atom. The van der Waals surface area contributed by atoms with E-state index in [-0.39, 0.29) is 11.7 Å². The normalized spacial score (nSPS) is 10.4. The molecule has 0 aliphatic carbocycles. The van der Waals surface area contributed by atoms with Crippen molar-refractivity contribution in [1.29, 1.82) is 0 Å². The maximum absolute atomic E-state index is 11.9. The number of aryl methyl sites for hydroxylation is 2. The highest BCUT2D eigenvalue weighted by Gasteiger charge is 2.15. The number of hydrogen-bond acceptors (Lipinski definition) is 4. The maximum Gasteiger partial charge on any atom is 0.289 e. The molecule has 6 heteroatoms. The summed E-state index contributed by atoms with van der Waals surface area (Å²) < 4.78 is 6.16. The van der Waals surface area contributed by atoms with Crippen LogP contribution in [0.3, 0.4) is 0 Å². The van der Waals surface area contributed by atoms with Gasteiger partial charge in [0.25, 0.3) is 5.91 Å². The van der Waals surface area contributed by atoms with Gasteiger partial charge in [-0.15, -0.1) is 0 Å². The van der Waals surface area contributed by atoms with Crippen molar-refractivity contribution in [3.05, 3.63) is 45.8 Å². The lowest BCUT2D eigenvalue weighted by atomic mass is 10.3. The van der Waals surface area contributed by atoms with Gasteiger partial charge in [-0.3, -0.25) is 9.78 Å². The summed E-state index contributed by atoms with van der Waals surface area (Å²) in [6.07, 6.45) is 1.68. The first kappa shape index (κ1) is 12.8. The van der Waals surface area contributed by atoms with E-state index in [2.05, 4.69) is 31.2 Å². The molecule has 0 saturated heterocycles. The molecule has 0 aliphatic heterocycles. The fourth-order valence-corrected chi connectivity index (χ4v) is 1.92. The van der Waals surface area contributed by atoms with Crippen LogP contribution in [0.25, 0.3) is 0 Å². The smallest absolute Gasteiger partial charge is 0.289 e. The van der Waals surface area contributed by atoms with Gasteiger partial charge in [0.15, 0.2) is 5.89 Å². The molecule has 2 aromatic rings. The molecule has 0 fully saturated rings. The molecule has 2 heterocycles. The highest BCUT2D eigenvalue weighted by Crippen LogP contribution is 2.11. The number of carbonyl (C=O) groups is 1. The van der Waals surface area contributed by atoms with E-state index in [9.17, 15) is 4.79 Å². The number of nitrogens with zero attached hydrogens (tertiary/aromatic N) is 2. The Balaban J connectivity index is 2.03. The molecule has 1 N–H and O–H groups in total. The van der Waals surface area contributed by atoms with E-state index < -0.39 is 0 Å². The van der Waals surface area contributed by atoms with E-state index in [1.807, 2.05) is 12.1 Å². The third-order valence-corrected chi connectivity index (χ3v) is 2.81. The van der Waals surface area contributed by atoms with Crippen LogP contribution in [-0.2, 0) is 6.54 Å². The summed E-state index contributed by atoms with van der Waals surface area (Å²) in [4.78, 5) is 20.0. The van der Waals surface area contributed by atoms with Crippen LogP contribution in [0.1, 0.15) is 27.8 Å². The molecule has 2 aromatic heterocycles. The van der Waals surface area contributed by atoms with E-state index in [4.69, 9.17) is 4.42 Å². The third-order valence-electron chi connectivity index (χ3n) is 2.32. The Morgan fingerprint density at radius 2 is 2.28 bits per heavy atom. The predicted molar refractivity (Wildman–Crippen MR) is 69.1 cm³/mol. The molecule has 18 heavy (non-hydrogen) atoms. The number of hydrogen-bond donors (Lipinski definition) is 1. The van der Waals surface area contributed by atoms with E-state index in [0.717, 1.165) is 10.2 Å². The van der Waals surface area contributed by atoms with Crippen LogP contribution < -0.4 is 5.32 Å². The summed E-state index contributed by atoms with van der Waals surface area (Å²) in [6, 6.07) is 3.67. The molecule has 0 aliphatic rings. The average Bonchev–Trinajstić information content (AvgIpc) is 2.66. The number of rotatable bonds is 3. The van der Waals surface area contributed by atoms with Crippen LogP contribution in [0.15, 0.2) is 27.2 Å². The van der Waals surface area contributed by atoms with Crippen molar-refractivity contribution < 1.29 is 9.21 Å². The zero-order valence-corrected chi connectivity index (χ0v) is 11.6. The van der Waals surface area contributed by atoms with Crippen molar-refractivity contribution in [1.82, 2.24) is 15.3 Å². The largest absolute Gasteiger partial charge is 0.436 e. The van der Waals surface area contributed by atoms with Crippen LogP contribution in [0.4, 0.5) is 0 Å². The van der Waals surface area contributed by atoms with Crippen molar-refractivity contribution >= 4 is 21.8 Å². The first-order valence-corrected chi connectivity index (χ1v) is 6.18. The van der Waals surface area contributed by atoms with Gasteiger partial charge in [0, 0.05) is 17.6 Å². The molecule has 5 nitrogen and oxygen atoms in total. The second kappa shape index (κ2) is 5.30. The topological polar surface area (TPSA) is 68.0 Å². The molecule has 1 amide bonds. The molecule has 94 valence electrons. The minimum absolute atomic E-state index is 0.252. The standard InChI is InChI=1S/C12H12BrN3O2/c1-7-11(18-8(2)16-7)12(17)15-6-10-5-9(13)3-4-14-10/h3-5H,6H2,1-2H3,(H,15,17). The molecule has 0 atom stereocenters. The number of carbonyl (C=O) groups excluding carboxylic acids is 1. The van der Waals surface area contributed by atoms with Gasteiger partial charge in [0.05, 0.1) is 17.9 Å². The van der Waals surface area contributed by atoms with Gasteiger partial charge in [-0.2, -0.15) is 0 Å². The van der Waals surface area contributed by atoms with Gasteiger partial charge in [-0.05, 0) is 19.1 Å². The number of amides is 1. The summed E-state index contributed by atoms with van der Waals surface area (Å²) in [5.41, 5.74) is 1.36. The van der Waals surface area contributed by atoms with Gasteiger partial charge < -0.3 is 9.73 Å². The Hall–Kier alpha value is -1.69. The van der Waals surface area contributed by atoms with Crippen LogP contribution in [0.2, 0.25) is 0 Å². The Bertz CT molecular complexity index is 580. The monoisotopic (exact) mass is 309 g/mol. The summed E-state index contributed by atoms with van der Waals surface area (Å²) in [5.74, 6) is 0.454. The quantitative estimate of drug-likeness (QED) is 0.945. The first-order valence-electron chi connectivity index (χ1n) is 5.39. The van der Waals surface area contributed by atoms with Gasteiger partial charge >= 0.3 is 0 Å². The Labute approximate surface area is 113 Å². The SMILES string of the molecule is Cc1nc(C)c(C(=O)NCc2cc(Br)ccn2)o1. The number of nitrogens with one attached hydrogen (secondary N) is 1. The first-order chi connectivity index (χ1) is 8.56. The van der Waals surface area contributed by atoms with Crippen molar-refractivity contribution in [2.24, 2.45) is 0 Å². The van der Waals surface area contributed by atoms with E-state index in [1.165, 1.54) is 0 Å². The van der Waals surface area contributed by atoms with Crippen LogP contribution in [0.5, 0.6) is 0 Å². The molecule has 0 saturated carbocycles. The van der Waals surface area contributed by atoms with Gasteiger partial charge in [-0.25, -0.2) is 4.98 Å². The zero-order valence-electron chi connectivity index (χ0n) is 10.0. The fourth-order valence-electron chi connectivity index (χ4n) is 1.54. The van der Waals surface area contributed by atoms with E-state index in [1.54, 1.807) is 20.0 Å². The molecular formula is C12H12BrN3O2.